The fourth-order valence-electron chi connectivity index (χ4n) is 3.26. The zero-order valence-electron chi connectivity index (χ0n) is 11.6. The number of amides is 2. The Morgan fingerprint density at radius 1 is 0.833 bits per heavy atom. The van der Waals surface area contributed by atoms with Crippen molar-refractivity contribution < 1.29 is 9.59 Å². The lowest BCUT2D eigenvalue weighted by atomic mass is 9.61. The van der Waals surface area contributed by atoms with Crippen LogP contribution in [0.2, 0.25) is 0 Å². The summed E-state index contributed by atoms with van der Waals surface area (Å²) in [6, 6.07) is 0. The predicted molar refractivity (Wildman–Crippen MR) is 69.7 cm³/mol. The smallest absolute Gasteiger partial charge is 0.226 e. The second-order valence-electron chi connectivity index (χ2n) is 5.81. The molecular weight excluding hydrogens is 228 g/mol. The van der Waals surface area contributed by atoms with Gasteiger partial charge in [-0.1, -0.05) is 12.2 Å². The number of carbonyl (C=O) groups excluding carboxylic acids is 2. The van der Waals surface area contributed by atoms with Crippen LogP contribution in [0.3, 0.4) is 0 Å². The van der Waals surface area contributed by atoms with Crippen molar-refractivity contribution >= 4 is 11.8 Å². The van der Waals surface area contributed by atoms with E-state index in [1.54, 1.807) is 38.0 Å². The first-order valence-corrected chi connectivity index (χ1v) is 6.54. The predicted octanol–water partition coefficient (Wildman–Crippen LogP) is 0.991. The Balaban J connectivity index is 2.32. The molecule has 2 amide bonds. The number of rotatable bonds is 2. The molecule has 0 radical (unpaired) electrons. The third kappa shape index (κ3) is 2.04. The van der Waals surface area contributed by atoms with Crippen LogP contribution in [0.1, 0.15) is 12.8 Å². The quantitative estimate of drug-likeness (QED) is 0.686. The van der Waals surface area contributed by atoms with Crippen molar-refractivity contribution in [2.24, 2.45) is 23.7 Å². The third-order valence-corrected chi connectivity index (χ3v) is 4.20. The lowest BCUT2D eigenvalue weighted by molar-refractivity contribution is -0.149. The molecule has 4 heteroatoms. The van der Waals surface area contributed by atoms with Gasteiger partial charge < -0.3 is 9.80 Å². The van der Waals surface area contributed by atoms with Crippen LogP contribution in [-0.2, 0) is 9.59 Å². The van der Waals surface area contributed by atoms with E-state index in [9.17, 15) is 9.59 Å². The highest BCUT2D eigenvalue weighted by molar-refractivity contribution is 5.88. The molecule has 0 aromatic rings. The highest BCUT2D eigenvalue weighted by Crippen LogP contribution is 2.45. The lowest BCUT2D eigenvalue weighted by Gasteiger charge is -2.44. The van der Waals surface area contributed by atoms with Gasteiger partial charge >= 0.3 is 0 Å². The normalized spacial score (nSPS) is 33.3. The van der Waals surface area contributed by atoms with Crippen molar-refractivity contribution in [2.45, 2.75) is 12.8 Å². The van der Waals surface area contributed by atoms with Crippen molar-refractivity contribution in [2.75, 3.05) is 28.2 Å². The van der Waals surface area contributed by atoms with Crippen LogP contribution in [0.25, 0.3) is 0 Å². The summed E-state index contributed by atoms with van der Waals surface area (Å²) in [5.74, 6) is 0.318. The Morgan fingerprint density at radius 2 is 1.17 bits per heavy atom. The van der Waals surface area contributed by atoms with E-state index in [1.165, 1.54) is 0 Å². The van der Waals surface area contributed by atoms with Crippen molar-refractivity contribution in [3.05, 3.63) is 12.2 Å². The number of hydrogen-bond acceptors (Lipinski definition) is 2. The number of nitrogens with zero attached hydrogens (tertiary/aromatic N) is 2. The maximum atomic E-state index is 12.3. The molecule has 4 atom stereocenters. The number of fused-ring (bicyclic) bond motifs is 2. The molecule has 100 valence electrons. The van der Waals surface area contributed by atoms with Crippen LogP contribution in [0, 0.1) is 23.7 Å². The van der Waals surface area contributed by atoms with Gasteiger partial charge in [-0.25, -0.2) is 0 Å². The molecule has 0 N–H and O–H groups in total. The average molecular weight is 250 g/mol. The van der Waals surface area contributed by atoms with Crippen molar-refractivity contribution in [3.8, 4) is 0 Å². The van der Waals surface area contributed by atoms with Gasteiger partial charge in [-0.3, -0.25) is 9.59 Å². The molecule has 3 aliphatic rings. The average Bonchev–Trinajstić information content (AvgIpc) is 2.37. The standard InChI is InChI=1S/C14H22N2O2/c1-15(2)13(17)11-9-5-7-10(8-6-9)12(11)14(18)16(3)4/h5,7,9-12H,6,8H2,1-4H3/t9-,10-,11-,12-/m0/s1. The van der Waals surface area contributed by atoms with E-state index < -0.39 is 0 Å². The molecule has 3 rings (SSSR count). The van der Waals surface area contributed by atoms with Gasteiger partial charge in [0.05, 0.1) is 11.8 Å². The number of allylic oxidation sites excluding steroid dienone is 2. The summed E-state index contributed by atoms with van der Waals surface area (Å²) in [7, 11) is 7.08. The van der Waals surface area contributed by atoms with Gasteiger partial charge in [0.25, 0.3) is 0 Å². The fourth-order valence-corrected chi connectivity index (χ4v) is 3.26. The molecule has 0 aromatic heterocycles. The van der Waals surface area contributed by atoms with Crippen molar-refractivity contribution in [1.82, 2.24) is 9.80 Å². The molecule has 4 nitrogen and oxygen atoms in total. The monoisotopic (exact) mass is 250 g/mol. The fraction of sp³-hybridized carbons (Fsp3) is 0.714. The first-order chi connectivity index (χ1) is 8.43. The SMILES string of the molecule is CN(C)C(=O)[C@@H]1[C@@H](C(=O)N(C)C)[C@H]2C=C[C@H]1CC2. The molecule has 0 unspecified atom stereocenters. The summed E-state index contributed by atoms with van der Waals surface area (Å²) in [6.07, 6.45) is 6.34. The van der Waals surface area contributed by atoms with E-state index in [-0.39, 0.29) is 35.5 Å². The van der Waals surface area contributed by atoms with E-state index in [4.69, 9.17) is 0 Å². The summed E-state index contributed by atoms with van der Waals surface area (Å²) in [5, 5.41) is 0. The lowest BCUT2D eigenvalue weighted by Crippen LogP contribution is -2.51. The molecule has 18 heavy (non-hydrogen) atoms. The Kier molecular flexibility index (Phi) is 3.46. The van der Waals surface area contributed by atoms with Crippen LogP contribution in [0.15, 0.2) is 12.2 Å². The van der Waals surface area contributed by atoms with E-state index in [2.05, 4.69) is 12.2 Å². The Morgan fingerprint density at radius 3 is 1.39 bits per heavy atom. The zero-order valence-corrected chi connectivity index (χ0v) is 11.6. The Bertz CT molecular complexity index is 351. The zero-order chi connectivity index (χ0) is 13.4. The van der Waals surface area contributed by atoms with Crippen LogP contribution < -0.4 is 0 Å². The van der Waals surface area contributed by atoms with Gasteiger partial charge in [0.2, 0.25) is 11.8 Å². The second-order valence-corrected chi connectivity index (χ2v) is 5.81. The second kappa shape index (κ2) is 4.75. The maximum Gasteiger partial charge on any atom is 0.226 e. The van der Waals surface area contributed by atoms with E-state index in [0.717, 1.165) is 12.8 Å². The first kappa shape index (κ1) is 13.1. The summed E-state index contributed by atoms with van der Waals surface area (Å²) < 4.78 is 0. The van der Waals surface area contributed by atoms with Crippen molar-refractivity contribution in [1.29, 1.82) is 0 Å². The van der Waals surface area contributed by atoms with Crippen LogP contribution >= 0.6 is 0 Å². The topological polar surface area (TPSA) is 40.6 Å². The molecule has 0 aliphatic heterocycles. The van der Waals surface area contributed by atoms with Crippen LogP contribution in [0.5, 0.6) is 0 Å². The van der Waals surface area contributed by atoms with E-state index in [1.807, 2.05) is 0 Å². The highest BCUT2D eigenvalue weighted by atomic mass is 16.2. The maximum absolute atomic E-state index is 12.3. The van der Waals surface area contributed by atoms with Gasteiger partial charge in [0.1, 0.15) is 0 Å². The number of carbonyl (C=O) groups is 2. The first-order valence-electron chi connectivity index (χ1n) is 6.54. The summed E-state index contributed by atoms with van der Waals surface area (Å²) in [5.41, 5.74) is 0. The summed E-state index contributed by atoms with van der Waals surface area (Å²) in [6.45, 7) is 0. The molecule has 2 bridgehead atoms. The van der Waals surface area contributed by atoms with E-state index in [0.29, 0.717) is 0 Å². The van der Waals surface area contributed by atoms with E-state index >= 15 is 0 Å². The van der Waals surface area contributed by atoms with Crippen molar-refractivity contribution in [3.63, 3.8) is 0 Å². The van der Waals surface area contributed by atoms with Crippen LogP contribution in [-0.4, -0.2) is 49.8 Å². The Labute approximate surface area is 109 Å². The van der Waals surface area contributed by atoms with Crippen LogP contribution in [0.4, 0.5) is 0 Å². The molecule has 0 aromatic carbocycles. The van der Waals surface area contributed by atoms with Gasteiger partial charge in [-0.15, -0.1) is 0 Å². The molecule has 3 aliphatic carbocycles. The molecule has 1 fully saturated rings. The number of hydrogen-bond donors (Lipinski definition) is 0. The highest BCUT2D eigenvalue weighted by Gasteiger charge is 2.48. The van der Waals surface area contributed by atoms with Gasteiger partial charge in [-0.2, -0.15) is 0 Å². The van der Waals surface area contributed by atoms with Gasteiger partial charge in [0.15, 0.2) is 0 Å². The largest absolute Gasteiger partial charge is 0.349 e. The van der Waals surface area contributed by atoms with Gasteiger partial charge in [-0.05, 0) is 24.7 Å². The minimum Gasteiger partial charge on any atom is -0.349 e. The minimum atomic E-state index is -0.168. The minimum absolute atomic E-state index is 0.0919. The third-order valence-electron chi connectivity index (χ3n) is 4.20. The van der Waals surface area contributed by atoms with Gasteiger partial charge in [0, 0.05) is 28.2 Å². The molecule has 1 saturated carbocycles. The molecule has 0 saturated heterocycles. The molecule has 0 heterocycles. The molecular formula is C14H22N2O2. The summed E-state index contributed by atoms with van der Waals surface area (Å²) in [4.78, 5) is 27.9. The molecule has 0 spiro atoms. The summed E-state index contributed by atoms with van der Waals surface area (Å²) >= 11 is 0. The Hall–Kier alpha value is -1.32.